The molecule has 16 heavy (non-hydrogen) atoms. The van der Waals surface area contributed by atoms with Crippen LogP contribution in [0.4, 0.5) is 5.13 Å². The number of carboxylic acids is 1. The summed E-state index contributed by atoms with van der Waals surface area (Å²) in [5.74, 6) is -1.82. The van der Waals surface area contributed by atoms with Crippen LogP contribution in [0.3, 0.4) is 0 Å². The van der Waals surface area contributed by atoms with Gasteiger partial charge in [-0.25, -0.2) is 9.78 Å². The fraction of sp³-hybridized carbons (Fsp3) is 0.375. The van der Waals surface area contributed by atoms with E-state index in [1.807, 2.05) is 0 Å². The number of carbonyl (C=O) groups excluding carboxylic acids is 1. The maximum atomic E-state index is 11.5. The molecule has 0 aliphatic heterocycles. The summed E-state index contributed by atoms with van der Waals surface area (Å²) in [7, 11) is 0. The smallest absolute Gasteiger partial charge is 0.326 e. The molecule has 0 spiro atoms. The summed E-state index contributed by atoms with van der Waals surface area (Å²) in [6.45, 7) is -0.323. The van der Waals surface area contributed by atoms with Crippen LogP contribution in [-0.4, -0.2) is 39.7 Å². The van der Waals surface area contributed by atoms with Gasteiger partial charge in [0.2, 0.25) is 0 Å². The molecule has 0 aromatic carbocycles. The molecule has 0 radical (unpaired) electrons. The summed E-state index contributed by atoms with van der Waals surface area (Å²) in [5.41, 5.74) is 5.41. The van der Waals surface area contributed by atoms with Gasteiger partial charge in [-0.1, -0.05) is 0 Å². The van der Waals surface area contributed by atoms with E-state index in [2.05, 4.69) is 10.3 Å². The molecule has 0 bridgehead atoms. The first-order valence-corrected chi connectivity index (χ1v) is 5.28. The molecule has 7 nitrogen and oxygen atoms in total. The first-order valence-electron chi connectivity index (χ1n) is 4.40. The van der Waals surface area contributed by atoms with Crippen molar-refractivity contribution < 1.29 is 19.8 Å². The number of nitrogens with two attached hydrogens (primary N) is 1. The van der Waals surface area contributed by atoms with Gasteiger partial charge in [0, 0.05) is 18.4 Å². The highest BCUT2D eigenvalue weighted by atomic mass is 32.1. The van der Waals surface area contributed by atoms with Crippen LogP contribution in [-0.2, 0) is 4.79 Å². The lowest BCUT2D eigenvalue weighted by Gasteiger charge is -2.11. The maximum absolute atomic E-state index is 11.5. The van der Waals surface area contributed by atoms with Gasteiger partial charge in [0.05, 0.1) is 0 Å². The first-order chi connectivity index (χ1) is 7.54. The van der Waals surface area contributed by atoms with Crippen LogP contribution in [0.25, 0.3) is 0 Å². The Morgan fingerprint density at radius 2 is 2.31 bits per heavy atom. The predicted molar refractivity (Wildman–Crippen MR) is 57.1 cm³/mol. The molecule has 5 N–H and O–H groups in total. The Balaban J connectivity index is 2.65. The van der Waals surface area contributed by atoms with Crippen LogP contribution in [0.15, 0.2) is 5.38 Å². The van der Waals surface area contributed by atoms with E-state index >= 15 is 0 Å². The Labute approximate surface area is 94.9 Å². The summed E-state index contributed by atoms with van der Waals surface area (Å²) < 4.78 is 0. The van der Waals surface area contributed by atoms with Crippen molar-refractivity contribution in [1.82, 2.24) is 10.3 Å². The number of amides is 1. The Kier molecular flexibility index (Phi) is 4.20. The molecule has 0 saturated carbocycles. The average Bonchev–Trinajstić information content (AvgIpc) is 2.64. The van der Waals surface area contributed by atoms with E-state index in [1.54, 1.807) is 0 Å². The van der Waals surface area contributed by atoms with Gasteiger partial charge >= 0.3 is 5.97 Å². The number of anilines is 1. The predicted octanol–water partition coefficient (Wildman–Crippen LogP) is -0.709. The van der Waals surface area contributed by atoms with Crippen LogP contribution in [0.1, 0.15) is 16.9 Å². The van der Waals surface area contributed by atoms with Crippen molar-refractivity contribution in [3.63, 3.8) is 0 Å². The number of aliphatic hydroxyl groups excluding tert-OH is 1. The van der Waals surface area contributed by atoms with Gasteiger partial charge in [-0.3, -0.25) is 4.79 Å². The van der Waals surface area contributed by atoms with Crippen LogP contribution in [0.5, 0.6) is 0 Å². The van der Waals surface area contributed by atoms with Crippen molar-refractivity contribution >= 4 is 28.3 Å². The van der Waals surface area contributed by atoms with E-state index in [0.29, 0.717) is 0 Å². The number of aliphatic hydroxyl groups is 1. The van der Waals surface area contributed by atoms with E-state index in [4.69, 9.17) is 15.9 Å². The van der Waals surface area contributed by atoms with E-state index in [-0.39, 0.29) is 23.9 Å². The lowest BCUT2D eigenvalue weighted by molar-refractivity contribution is -0.139. The van der Waals surface area contributed by atoms with Gasteiger partial charge in [0.15, 0.2) is 5.13 Å². The van der Waals surface area contributed by atoms with Gasteiger partial charge < -0.3 is 21.3 Å². The van der Waals surface area contributed by atoms with Gasteiger partial charge in [0.1, 0.15) is 11.7 Å². The standard InChI is InChI=1S/C8H11N3O4S/c9-8-11-5(3-16-8)6(13)10-4(1-2-12)7(14)15/h3-4,12H,1-2H2,(H2,9,11)(H,10,13)(H,14,15)/t4-/m1/s1. The second-order valence-corrected chi connectivity index (χ2v) is 3.84. The number of hydrogen-bond acceptors (Lipinski definition) is 6. The van der Waals surface area contributed by atoms with Crippen molar-refractivity contribution in [1.29, 1.82) is 0 Å². The molecule has 88 valence electrons. The first kappa shape index (κ1) is 12.4. The lowest BCUT2D eigenvalue weighted by atomic mass is 10.2. The van der Waals surface area contributed by atoms with Crippen molar-refractivity contribution in [2.24, 2.45) is 0 Å². The summed E-state index contributed by atoms with van der Waals surface area (Å²) >= 11 is 1.09. The van der Waals surface area contributed by atoms with Crippen LogP contribution >= 0.6 is 11.3 Å². The largest absolute Gasteiger partial charge is 0.480 e. The highest BCUT2D eigenvalue weighted by Crippen LogP contribution is 2.11. The molecule has 1 amide bonds. The SMILES string of the molecule is Nc1nc(C(=O)N[C@H](CCO)C(=O)O)cs1. The molecular weight excluding hydrogens is 234 g/mol. The molecule has 0 fully saturated rings. The van der Waals surface area contributed by atoms with E-state index in [1.165, 1.54) is 5.38 Å². The number of aliphatic carboxylic acids is 1. The molecule has 1 atom stereocenters. The number of nitrogen functional groups attached to an aromatic ring is 1. The van der Waals surface area contributed by atoms with E-state index in [0.717, 1.165) is 11.3 Å². The summed E-state index contributed by atoms with van der Waals surface area (Å²) in [6, 6.07) is -1.12. The number of hydrogen-bond donors (Lipinski definition) is 4. The Morgan fingerprint density at radius 3 is 2.75 bits per heavy atom. The summed E-state index contributed by atoms with van der Waals surface area (Å²) in [4.78, 5) is 25.9. The minimum absolute atomic E-state index is 0.0549. The fourth-order valence-corrected chi connectivity index (χ4v) is 1.55. The molecule has 0 unspecified atom stereocenters. The van der Waals surface area contributed by atoms with Crippen LogP contribution in [0.2, 0.25) is 0 Å². The third-order valence-electron chi connectivity index (χ3n) is 1.78. The molecule has 0 aliphatic rings. The van der Waals surface area contributed by atoms with Gasteiger partial charge in [-0.2, -0.15) is 0 Å². The Hall–Kier alpha value is -1.67. The Morgan fingerprint density at radius 1 is 1.62 bits per heavy atom. The third-order valence-corrected chi connectivity index (χ3v) is 2.45. The minimum Gasteiger partial charge on any atom is -0.480 e. The third kappa shape index (κ3) is 3.17. The van der Waals surface area contributed by atoms with Gasteiger partial charge in [0.25, 0.3) is 5.91 Å². The van der Waals surface area contributed by atoms with Gasteiger partial charge in [-0.05, 0) is 0 Å². The number of aromatic nitrogens is 1. The summed E-state index contributed by atoms with van der Waals surface area (Å²) in [5, 5.41) is 21.3. The molecule has 1 rings (SSSR count). The molecule has 0 saturated heterocycles. The number of nitrogens with zero attached hydrogens (tertiary/aromatic N) is 1. The number of thiazole rings is 1. The van der Waals surface area contributed by atoms with Crippen LogP contribution < -0.4 is 11.1 Å². The average molecular weight is 245 g/mol. The second-order valence-electron chi connectivity index (χ2n) is 2.95. The fourth-order valence-electron chi connectivity index (χ4n) is 1.01. The molecule has 0 aliphatic carbocycles. The second kappa shape index (κ2) is 5.42. The number of carboxylic acid groups (broad SMARTS) is 1. The highest BCUT2D eigenvalue weighted by molar-refractivity contribution is 7.13. The topological polar surface area (TPSA) is 126 Å². The monoisotopic (exact) mass is 245 g/mol. The maximum Gasteiger partial charge on any atom is 0.326 e. The molecule has 1 heterocycles. The zero-order valence-electron chi connectivity index (χ0n) is 8.21. The van der Waals surface area contributed by atoms with Gasteiger partial charge in [-0.15, -0.1) is 11.3 Å². The highest BCUT2D eigenvalue weighted by Gasteiger charge is 2.21. The van der Waals surface area contributed by atoms with E-state index in [9.17, 15) is 9.59 Å². The minimum atomic E-state index is -1.20. The van der Waals surface area contributed by atoms with Crippen LogP contribution in [0, 0.1) is 0 Å². The molecule has 1 aromatic heterocycles. The number of rotatable bonds is 5. The normalized spacial score (nSPS) is 12.1. The number of carbonyl (C=O) groups is 2. The summed E-state index contributed by atoms with van der Waals surface area (Å²) in [6.07, 6.45) is -0.0549. The molecule has 8 heteroatoms. The number of nitrogens with one attached hydrogen (secondary N) is 1. The Bertz CT molecular complexity index is 392. The van der Waals surface area contributed by atoms with Crippen molar-refractivity contribution in [2.45, 2.75) is 12.5 Å². The quantitative estimate of drug-likeness (QED) is 0.543. The van der Waals surface area contributed by atoms with Crippen molar-refractivity contribution in [3.05, 3.63) is 11.1 Å². The zero-order chi connectivity index (χ0) is 12.1. The lowest BCUT2D eigenvalue weighted by Crippen LogP contribution is -2.41. The van der Waals surface area contributed by atoms with Crippen molar-refractivity contribution in [3.8, 4) is 0 Å². The zero-order valence-corrected chi connectivity index (χ0v) is 9.03. The molecular formula is C8H11N3O4S. The van der Waals surface area contributed by atoms with Crippen molar-refractivity contribution in [2.75, 3.05) is 12.3 Å². The van der Waals surface area contributed by atoms with E-state index < -0.39 is 17.9 Å². The molecule has 1 aromatic rings.